The number of methoxy groups -OCH3 is 1. The molecule has 0 aliphatic rings. The number of furan rings is 1. The van der Waals surface area contributed by atoms with Gasteiger partial charge < -0.3 is 14.5 Å². The van der Waals surface area contributed by atoms with Crippen molar-refractivity contribution in [2.45, 2.75) is 0 Å². The first-order chi connectivity index (χ1) is 14.4. The van der Waals surface area contributed by atoms with Crippen LogP contribution in [0.15, 0.2) is 64.6 Å². The Balaban J connectivity index is 1.83. The van der Waals surface area contributed by atoms with Gasteiger partial charge in [0.15, 0.2) is 0 Å². The summed E-state index contributed by atoms with van der Waals surface area (Å²) in [6, 6.07) is 15.5. The predicted molar refractivity (Wildman–Crippen MR) is 111 cm³/mol. The lowest BCUT2D eigenvalue weighted by Crippen LogP contribution is -2.13. The number of amides is 1. The van der Waals surface area contributed by atoms with Gasteiger partial charge in [0.2, 0.25) is 0 Å². The molecule has 0 atom stereocenters. The van der Waals surface area contributed by atoms with Gasteiger partial charge >= 0.3 is 0 Å². The van der Waals surface area contributed by atoms with E-state index in [9.17, 15) is 20.2 Å². The van der Waals surface area contributed by atoms with Crippen molar-refractivity contribution in [1.82, 2.24) is 0 Å². The van der Waals surface area contributed by atoms with E-state index in [2.05, 4.69) is 5.32 Å². The van der Waals surface area contributed by atoms with Crippen LogP contribution in [0.25, 0.3) is 17.4 Å². The van der Waals surface area contributed by atoms with Crippen molar-refractivity contribution in [2.24, 2.45) is 0 Å². The molecular formula is C21H14ClN3O5. The molecule has 30 heavy (non-hydrogen) atoms. The third-order valence-corrected chi connectivity index (χ3v) is 4.38. The van der Waals surface area contributed by atoms with Crippen LogP contribution in [0.1, 0.15) is 5.76 Å². The summed E-state index contributed by atoms with van der Waals surface area (Å²) in [5, 5.41) is 23.2. The molecule has 8 nitrogen and oxygen atoms in total. The number of nitriles is 1. The Morgan fingerprint density at radius 2 is 1.97 bits per heavy atom. The molecular weight excluding hydrogens is 410 g/mol. The van der Waals surface area contributed by atoms with E-state index >= 15 is 0 Å². The Kier molecular flexibility index (Phi) is 6.15. The zero-order valence-electron chi connectivity index (χ0n) is 15.6. The highest BCUT2D eigenvalue weighted by Crippen LogP contribution is 2.33. The fourth-order valence-corrected chi connectivity index (χ4v) is 2.77. The van der Waals surface area contributed by atoms with Gasteiger partial charge in [-0.3, -0.25) is 14.9 Å². The average molecular weight is 424 g/mol. The van der Waals surface area contributed by atoms with Gasteiger partial charge in [0, 0.05) is 29.5 Å². The monoisotopic (exact) mass is 423 g/mol. The molecule has 1 aromatic heterocycles. The molecule has 9 heteroatoms. The number of nitro groups is 1. The van der Waals surface area contributed by atoms with Crippen LogP contribution in [0.5, 0.6) is 5.75 Å². The van der Waals surface area contributed by atoms with E-state index < -0.39 is 10.8 Å². The quantitative estimate of drug-likeness (QED) is 0.256. The van der Waals surface area contributed by atoms with Crippen molar-refractivity contribution < 1.29 is 18.9 Å². The number of ether oxygens (including phenoxy) is 1. The third kappa shape index (κ3) is 4.66. The Morgan fingerprint density at radius 1 is 1.23 bits per heavy atom. The van der Waals surface area contributed by atoms with Crippen LogP contribution in [0.4, 0.5) is 11.4 Å². The molecule has 0 saturated carbocycles. The lowest BCUT2D eigenvalue weighted by molar-refractivity contribution is -0.384. The molecule has 3 aromatic rings. The second kappa shape index (κ2) is 8.94. The highest BCUT2D eigenvalue weighted by molar-refractivity contribution is 6.33. The standard InChI is InChI=1S/C21H14ClN3O5/c1-29-16-5-2-14(3-6-16)24-21(26)13(12-23)10-17-7-9-20(30-17)18-11-15(25(27)28)4-8-19(18)22/h2-11H,1H3,(H,24,26)/b13-10+. The summed E-state index contributed by atoms with van der Waals surface area (Å²) in [6.45, 7) is 0. The number of hydrogen-bond donors (Lipinski definition) is 1. The van der Waals surface area contributed by atoms with Crippen LogP contribution in [-0.4, -0.2) is 17.9 Å². The van der Waals surface area contributed by atoms with Crippen molar-refractivity contribution in [3.63, 3.8) is 0 Å². The Hall–Kier alpha value is -4.09. The summed E-state index contributed by atoms with van der Waals surface area (Å²) in [5.41, 5.74) is 0.494. The van der Waals surface area contributed by atoms with Crippen LogP contribution in [0.2, 0.25) is 5.02 Å². The van der Waals surface area contributed by atoms with E-state index in [1.54, 1.807) is 30.3 Å². The second-order valence-electron chi connectivity index (χ2n) is 5.98. The van der Waals surface area contributed by atoms with E-state index in [0.29, 0.717) is 17.0 Å². The van der Waals surface area contributed by atoms with Crippen molar-refractivity contribution in [1.29, 1.82) is 5.26 Å². The normalized spacial score (nSPS) is 10.9. The van der Waals surface area contributed by atoms with Gasteiger partial charge in [-0.15, -0.1) is 0 Å². The average Bonchev–Trinajstić information content (AvgIpc) is 3.21. The first-order valence-electron chi connectivity index (χ1n) is 8.52. The second-order valence-corrected chi connectivity index (χ2v) is 6.38. The molecule has 2 aromatic carbocycles. The third-order valence-electron chi connectivity index (χ3n) is 4.05. The minimum Gasteiger partial charge on any atom is -0.497 e. The molecule has 0 bridgehead atoms. The Morgan fingerprint density at radius 3 is 2.60 bits per heavy atom. The zero-order valence-corrected chi connectivity index (χ0v) is 16.3. The van der Waals surface area contributed by atoms with E-state index in [4.69, 9.17) is 20.8 Å². The highest BCUT2D eigenvalue weighted by atomic mass is 35.5. The summed E-state index contributed by atoms with van der Waals surface area (Å²) in [5.74, 6) is 0.498. The van der Waals surface area contributed by atoms with Crippen LogP contribution in [0.3, 0.4) is 0 Å². The SMILES string of the molecule is COc1ccc(NC(=O)/C(C#N)=C/c2ccc(-c3cc([N+](=O)[O-])ccc3Cl)o2)cc1. The highest BCUT2D eigenvalue weighted by Gasteiger charge is 2.15. The summed E-state index contributed by atoms with van der Waals surface area (Å²) >= 11 is 6.12. The minimum absolute atomic E-state index is 0.139. The Labute approximate surface area is 176 Å². The van der Waals surface area contributed by atoms with Crippen LogP contribution < -0.4 is 10.1 Å². The molecule has 3 rings (SSSR count). The zero-order chi connectivity index (χ0) is 21.7. The smallest absolute Gasteiger partial charge is 0.270 e. The Bertz CT molecular complexity index is 1180. The molecule has 0 aliphatic heterocycles. The number of halogens is 1. The van der Waals surface area contributed by atoms with Crippen LogP contribution in [-0.2, 0) is 4.79 Å². The number of nitrogens with zero attached hydrogens (tertiary/aromatic N) is 2. The van der Waals surface area contributed by atoms with Crippen molar-refractivity contribution in [3.05, 3.63) is 81.1 Å². The van der Waals surface area contributed by atoms with Gasteiger partial charge in [-0.2, -0.15) is 5.26 Å². The van der Waals surface area contributed by atoms with E-state index in [1.807, 2.05) is 6.07 Å². The van der Waals surface area contributed by atoms with E-state index in [-0.39, 0.29) is 27.8 Å². The maximum Gasteiger partial charge on any atom is 0.270 e. The maximum absolute atomic E-state index is 12.4. The number of nitrogens with one attached hydrogen (secondary N) is 1. The van der Waals surface area contributed by atoms with Gasteiger partial charge in [-0.1, -0.05) is 11.6 Å². The first kappa shape index (κ1) is 20.6. The number of non-ortho nitro benzene ring substituents is 1. The summed E-state index contributed by atoms with van der Waals surface area (Å²) < 4.78 is 10.7. The molecule has 0 aliphatic carbocycles. The number of hydrogen-bond acceptors (Lipinski definition) is 6. The molecule has 0 saturated heterocycles. The number of anilines is 1. The lowest BCUT2D eigenvalue weighted by Gasteiger charge is -2.05. The first-order valence-corrected chi connectivity index (χ1v) is 8.90. The van der Waals surface area contributed by atoms with Gasteiger partial charge in [0.05, 0.1) is 17.1 Å². The van der Waals surface area contributed by atoms with Gasteiger partial charge in [-0.25, -0.2) is 0 Å². The van der Waals surface area contributed by atoms with Crippen LogP contribution in [0, 0.1) is 21.4 Å². The number of benzene rings is 2. The van der Waals surface area contributed by atoms with Crippen molar-refractivity contribution in [3.8, 4) is 23.1 Å². The molecule has 0 unspecified atom stereocenters. The van der Waals surface area contributed by atoms with Gasteiger partial charge in [0.1, 0.15) is 28.9 Å². The fourth-order valence-electron chi connectivity index (χ4n) is 2.55. The number of carbonyl (C=O) groups is 1. The molecule has 150 valence electrons. The predicted octanol–water partition coefficient (Wildman–Crippen LogP) is 5.06. The number of nitro benzene ring substituents is 1. The van der Waals surface area contributed by atoms with E-state index in [0.717, 1.165) is 0 Å². The lowest BCUT2D eigenvalue weighted by atomic mass is 10.1. The molecule has 0 fully saturated rings. The molecule has 1 amide bonds. The van der Waals surface area contributed by atoms with E-state index in [1.165, 1.54) is 37.5 Å². The number of rotatable bonds is 6. The number of carbonyl (C=O) groups excluding carboxylic acids is 1. The summed E-state index contributed by atoms with van der Waals surface area (Å²) in [6.07, 6.45) is 1.27. The maximum atomic E-state index is 12.4. The fraction of sp³-hybridized carbons (Fsp3) is 0.0476. The van der Waals surface area contributed by atoms with Crippen LogP contribution >= 0.6 is 11.6 Å². The molecule has 1 N–H and O–H groups in total. The molecule has 0 spiro atoms. The van der Waals surface area contributed by atoms with Gasteiger partial charge in [0.25, 0.3) is 11.6 Å². The topological polar surface area (TPSA) is 118 Å². The minimum atomic E-state index is -0.617. The largest absolute Gasteiger partial charge is 0.497 e. The summed E-state index contributed by atoms with van der Waals surface area (Å²) in [7, 11) is 1.53. The summed E-state index contributed by atoms with van der Waals surface area (Å²) in [4.78, 5) is 22.8. The van der Waals surface area contributed by atoms with Crippen molar-refractivity contribution in [2.75, 3.05) is 12.4 Å². The van der Waals surface area contributed by atoms with Crippen molar-refractivity contribution >= 4 is 35.0 Å². The molecule has 1 heterocycles. The van der Waals surface area contributed by atoms with Gasteiger partial charge in [-0.05, 0) is 42.5 Å². The molecule has 0 radical (unpaired) electrons.